The summed E-state index contributed by atoms with van der Waals surface area (Å²) in [7, 11) is 0. The normalized spacial score (nSPS) is 10.9. The summed E-state index contributed by atoms with van der Waals surface area (Å²) in [5, 5.41) is 8.51. The van der Waals surface area contributed by atoms with Crippen LogP contribution >= 0.6 is 0 Å². The van der Waals surface area contributed by atoms with Crippen LogP contribution in [0.3, 0.4) is 0 Å². The average Bonchev–Trinajstić information content (AvgIpc) is 2.74. The standard InChI is InChI=1S/C23H17N3/c1-3-7-19(8-4-1)23-16-13-20(17-24-23)18-11-14-22(15-12-18)26-25-21-9-5-2-6-10-21/h1-17H. The summed E-state index contributed by atoms with van der Waals surface area (Å²) >= 11 is 0. The molecule has 1 aromatic heterocycles. The molecule has 4 aromatic rings. The summed E-state index contributed by atoms with van der Waals surface area (Å²) in [6.45, 7) is 0. The van der Waals surface area contributed by atoms with Gasteiger partial charge in [0.05, 0.1) is 17.1 Å². The molecule has 3 aromatic carbocycles. The first-order valence-corrected chi connectivity index (χ1v) is 8.47. The molecule has 0 fully saturated rings. The third kappa shape index (κ3) is 3.73. The Morgan fingerprint density at radius 1 is 0.462 bits per heavy atom. The Morgan fingerprint density at radius 2 is 1.04 bits per heavy atom. The van der Waals surface area contributed by atoms with E-state index in [0.29, 0.717) is 0 Å². The van der Waals surface area contributed by atoms with Crippen LogP contribution in [0, 0.1) is 0 Å². The van der Waals surface area contributed by atoms with Gasteiger partial charge in [-0.1, -0.05) is 66.7 Å². The highest BCUT2D eigenvalue weighted by Gasteiger charge is 2.01. The molecule has 0 aliphatic heterocycles. The first kappa shape index (κ1) is 15.9. The van der Waals surface area contributed by atoms with Crippen LogP contribution in [0.25, 0.3) is 22.4 Å². The molecule has 0 saturated heterocycles. The van der Waals surface area contributed by atoms with Gasteiger partial charge < -0.3 is 0 Å². The smallest absolute Gasteiger partial charge is 0.0857 e. The van der Waals surface area contributed by atoms with Gasteiger partial charge in [-0.25, -0.2) is 0 Å². The molecule has 0 unspecified atom stereocenters. The van der Waals surface area contributed by atoms with Gasteiger partial charge in [-0.05, 0) is 35.9 Å². The summed E-state index contributed by atoms with van der Waals surface area (Å²) in [6, 6.07) is 32.0. The van der Waals surface area contributed by atoms with E-state index in [1.807, 2.05) is 85.1 Å². The molecule has 124 valence electrons. The lowest BCUT2D eigenvalue weighted by atomic mass is 10.1. The van der Waals surface area contributed by atoms with Gasteiger partial charge in [0.15, 0.2) is 0 Å². The number of rotatable bonds is 4. The first-order chi connectivity index (χ1) is 12.9. The molecule has 0 amide bonds. The quantitative estimate of drug-likeness (QED) is 0.376. The van der Waals surface area contributed by atoms with E-state index in [-0.39, 0.29) is 0 Å². The summed E-state index contributed by atoms with van der Waals surface area (Å²) in [5.74, 6) is 0. The molecule has 0 atom stereocenters. The van der Waals surface area contributed by atoms with Crippen molar-refractivity contribution >= 4 is 11.4 Å². The number of azo groups is 1. The highest BCUT2D eigenvalue weighted by atomic mass is 15.1. The minimum atomic E-state index is 0.825. The van der Waals surface area contributed by atoms with E-state index in [4.69, 9.17) is 0 Å². The topological polar surface area (TPSA) is 37.6 Å². The molecular formula is C23H17N3. The number of aromatic nitrogens is 1. The predicted octanol–water partition coefficient (Wildman–Crippen LogP) is 6.83. The third-order valence-corrected chi connectivity index (χ3v) is 4.07. The molecule has 0 N–H and O–H groups in total. The van der Waals surface area contributed by atoms with Gasteiger partial charge in [0.25, 0.3) is 0 Å². The van der Waals surface area contributed by atoms with Gasteiger partial charge in [0.2, 0.25) is 0 Å². The Kier molecular flexibility index (Phi) is 4.61. The Morgan fingerprint density at radius 3 is 1.65 bits per heavy atom. The number of hydrogen-bond donors (Lipinski definition) is 0. The Bertz CT molecular complexity index is 991. The van der Waals surface area contributed by atoms with Crippen LogP contribution in [0.5, 0.6) is 0 Å². The minimum absolute atomic E-state index is 0.825. The highest BCUT2D eigenvalue weighted by Crippen LogP contribution is 2.25. The van der Waals surface area contributed by atoms with Crippen LogP contribution in [0.2, 0.25) is 0 Å². The molecule has 0 aliphatic carbocycles. The molecule has 3 heteroatoms. The van der Waals surface area contributed by atoms with Crippen LogP contribution in [-0.2, 0) is 0 Å². The maximum absolute atomic E-state index is 4.58. The zero-order chi connectivity index (χ0) is 17.6. The van der Waals surface area contributed by atoms with E-state index in [9.17, 15) is 0 Å². The van der Waals surface area contributed by atoms with Gasteiger partial charge in [-0.15, -0.1) is 0 Å². The minimum Gasteiger partial charge on any atom is -0.256 e. The van der Waals surface area contributed by atoms with E-state index in [1.165, 1.54) is 0 Å². The van der Waals surface area contributed by atoms with Crippen molar-refractivity contribution in [3.63, 3.8) is 0 Å². The molecule has 0 aliphatic rings. The fourth-order valence-electron chi connectivity index (χ4n) is 2.67. The predicted molar refractivity (Wildman–Crippen MR) is 106 cm³/mol. The van der Waals surface area contributed by atoms with Gasteiger partial charge in [0.1, 0.15) is 0 Å². The lowest BCUT2D eigenvalue weighted by Crippen LogP contribution is -1.84. The van der Waals surface area contributed by atoms with Crippen molar-refractivity contribution in [2.24, 2.45) is 10.2 Å². The molecular weight excluding hydrogens is 318 g/mol. The molecule has 0 spiro atoms. The van der Waals surface area contributed by atoms with Gasteiger partial charge in [-0.3, -0.25) is 4.98 Å². The van der Waals surface area contributed by atoms with Gasteiger partial charge in [0, 0.05) is 17.3 Å². The number of pyridine rings is 1. The Hall–Kier alpha value is -3.59. The maximum Gasteiger partial charge on any atom is 0.0857 e. The number of hydrogen-bond acceptors (Lipinski definition) is 3. The van der Waals surface area contributed by atoms with Crippen LogP contribution in [0.4, 0.5) is 11.4 Å². The fourth-order valence-corrected chi connectivity index (χ4v) is 2.67. The lowest BCUT2D eigenvalue weighted by molar-refractivity contribution is 1.23. The van der Waals surface area contributed by atoms with Crippen molar-refractivity contribution in [2.45, 2.75) is 0 Å². The first-order valence-electron chi connectivity index (χ1n) is 8.47. The zero-order valence-corrected chi connectivity index (χ0v) is 14.2. The molecule has 0 radical (unpaired) electrons. The molecule has 0 bridgehead atoms. The van der Waals surface area contributed by atoms with Crippen molar-refractivity contribution in [3.8, 4) is 22.4 Å². The molecule has 4 rings (SSSR count). The summed E-state index contributed by atoms with van der Waals surface area (Å²) in [5.41, 5.74) is 5.95. The SMILES string of the molecule is c1ccc(N=Nc2ccc(-c3ccc(-c4ccccc4)nc3)cc2)cc1. The van der Waals surface area contributed by atoms with E-state index < -0.39 is 0 Å². The molecule has 26 heavy (non-hydrogen) atoms. The van der Waals surface area contributed by atoms with E-state index in [2.05, 4.69) is 33.4 Å². The second-order valence-electron chi connectivity index (χ2n) is 5.88. The Labute approximate surface area is 152 Å². The number of nitrogens with zero attached hydrogens (tertiary/aromatic N) is 3. The average molecular weight is 335 g/mol. The zero-order valence-electron chi connectivity index (χ0n) is 14.2. The molecule has 3 nitrogen and oxygen atoms in total. The largest absolute Gasteiger partial charge is 0.256 e. The van der Waals surface area contributed by atoms with Crippen LogP contribution in [0.1, 0.15) is 0 Å². The van der Waals surface area contributed by atoms with E-state index in [0.717, 1.165) is 33.8 Å². The van der Waals surface area contributed by atoms with Crippen LogP contribution in [0.15, 0.2) is 113 Å². The van der Waals surface area contributed by atoms with Crippen molar-refractivity contribution in [1.82, 2.24) is 4.98 Å². The number of benzene rings is 3. The summed E-state index contributed by atoms with van der Waals surface area (Å²) < 4.78 is 0. The van der Waals surface area contributed by atoms with E-state index >= 15 is 0 Å². The second kappa shape index (κ2) is 7.53. The fraction of sp³-hybridized carbons (Fsp3) is 0. The van der Waals surface area contributed by atoms with Crippen molar-refractivity contribution in [1.29, 1.82) is 0 Å². The Balaban J connectivity index is 1.51. The second-order valence-corrected chi connectivity index (χ2v) is 5.88. The summed E-state index contributed by atoms with van der Waals surface area (Å²) in [6.07, 6.45) is 1.91. The van der Waals surface area contributed by atoms with E-state index in [1.54, 1.807) is 0 Å². The van der Waals surface area contributed by atoms with Gasteiger partial charge >= 0.3 is 0 Å². The lowest BCUT2D eigenvalue weighted by Gasteiger charge is -2.04. The molecule has 1 heterocycles. The monoisotopic (exact) mass is 335 g/mol. The summed E-state index contributed by atoms with van der Waals surface area (Å²) in [4.78, 5) is 4.58. The van der Waals surface area contributed by atoms with Crippen LogP contribution in [-0.4, -0.2) is 4.98 Å². The van der Waals surface area contributed by atoms with Crippen molar-refractivity contribution in [3.05, 3.63) is 103 Å². The van der Waals surface area contributed by atoms with Gasteiger partial charge in [-0.2, -0.15) is 10.2 Å². The highest BCUT2D eigenvalue weighted by molar-refractivity contribution is 5.67. The van der Waals surface area contributed by atoms with Crippen LogP contribution < -0.4 is 0 Å². The van der Waals surface area contributed by atoms with Crippen molar-refractivity contribution < 1.29 is 0 Å². The molecule has 0 saturated carbocycles. The van der Waals surface area contributed by atoms with Crippen molar-refractivity contribution in [2.75, 3.05) is 0 Å². The maximum atomic E-state index is 4.58. The third-order valence-electron chi connectivity index (χ3n) is 4.07.